The Kier molecular flexibility index (Phi) is 7.39. The van der Waals surface area contributed by atoms with Gasteiger partial charge in [-0.2, -0.15) is 0 Å². The molecule has 2 aromatic carbocycles. The van der Waals surface area contributed by atoms with Crippen LogP contribution in [0.1, 0.15) is 21.5 Å². The molecule has 172 valence electrons. The maximum absolute atomic E-state index is 13.1. The summed E-state index contributed by atoms with van der Waals surface area (Å²) in [7, 11) is -3.89. The standard InChI is InChI=1S/C24H25ClN4O3S/c25-22-7-6-21(16-23(22)33(31,32)27-17-19-4-2-1-3-5-19)24(30)29-14-12-28(13-15-29)18-20-8-10-26-11-9-20/h1-11,16,27H,12-15,17-18H2. The van der Waals surface area contributed by atoms with Gasteiger partial charge in [-0.3, -0.25) is 14.7 Å². The molecule has 0 bridgehead atoms. The topological polar surface area (TPSA) is 82.6 Å². The van der Waals surface area contributed by atoms with Crippen molar-refractivity contribution in [3.63, 3.8) is 0 Å². The Balaban J connectivity index is 1.41. The van der Waals surface area contributed by atoms with E-state index in [0.29, 0.717) is 18.7 Å². The number of sulfonamides is 1. The first-order chi connectivity index (χ1) is 15.9. The first-order valence-electron chi connectivity index (χ1n) is 10.7. The van der Waals surface area contributed by atoms with Crippen LogP contribution in [0, 0.1) is 0 Å². The molecular weight excluding hydrogens is 460 g/mol. The van der Waals surface area contributed by atoms with Gasteiger partial charge in [0.1, 0.15) is 4.90 Å². The van der Waals surface area contributed by atoms with E-state index in [0.717, 1.165) is 25.2 Å². The van der Waals surface area contributed by atoms with Crippen molar-refractivity contribution >= 4 is 27.5 Å². The molecule has 1 saturated heterocycles. The van der Waals surface area contributed by atoms with E-state index in [4.69, 9.17) is 11.6 Å². The van der Waals surface area contributed by atoms with Crippen molar-refractivity contribution in [2.75, 3.05) is 26.2 Å². The van der Waals surface area contributed by atoms with Gasteiger partial charge in [-0.15, -0.1) is 0 Å². The van der Waals surface area contributed by atoms with E-state index in [1.807, 2.05) is 42.5 Å². The highest BCUT2D eigenvalue weighted by Gasteiger charge is 2.25. The third kappa shape index (κ3) is 5.97. The second-order valence-electron chi connectivity index (χ2n) is 7.88. The number of carbonyl (C=O) groups excluding carboxylic acids is 1. The molecule has 0 aliphatic carbocycles. The summed E-state index contributed by atoms with van der Waals surface area (Å²) in [6.45, 7) is 3.57. The third-order valence-electron chi connectivity index (χ3n) is 5.59. The number of nitrogens with zero attached hydrogens (tertiary/aromatic N) is 3. The quantitative estimate of drug-likeness (QED) is 0.557. The lowest BCUT2D eigenvalue weighted by Gasteiger charge is -2.34. The van der Waals surface area contributed by atoms with Crippen LogP contribution in [-0.4, -0.2) is 55.3 Å². The van der Waals surface area contributed by atoms with Crippen LogP contribution in [-0.2, 0) is 23.1 Å². The zero-order valence-corrected chi connectivity index (χ0v) is 19.6. The summed E-state index contributed by atoms with van der Waals surface area (Å²) in [4.78, 5) is 21.0. The van der Waals surface area contributed by atoms with Crippen molar-refractivity contribution in [3.05, 3.63) is 94.8 Å². The Bertz CT molecular complexity index is 1200. The highest BCUT2D eigenvalue weighted by molar-refractivity contribution is 7.89. The zero-order chi connectivity index (χ0) is 23.3. The van der Waals surface area contributed by atoms with Crippen molar-refractivity contribution in [1.29, 1.82) is 0 Å². The summed E-state index contributed by atoms with van der Waals surface area (Å²) in [5, 5.41) is 0.0780. The number of hydrogen-bond acceptors (Lipinski definition) is 5. The molecule has 0 radical (unpaired) electrons. The molecule has 33 heavy (non-hydrogen) atoms. The van der Waals surface area contributed by atoms with Gasteiger partial charge in [0, 0.05) is 57.2 Å². The molecule has 1 N–H and O–H groups in total. The molecular formula is C24H25ClN4O3S. The number of rotatable bonds is 7. The molecule has 2 heterocycles. The third-order valence-corrected chi connectivity index (χ3v) is 7.47. The molecule has 1 fully saturated rings. The van der Waals surface area contributed by atoms with E-state index in [2.05, 4.69) is 14.6 Å². The first kappa shape index (κ1) is 23.4. The summed E-state index contributed by atoms with van der Waals surface area (Å²) >= 11 is 6.19. The predicted octanol–water partition coefficient (Wildman–Crippen LogP) is 3.17. The molecule has 3 aromatic rings. The van der Waals surface area contributed by atoms with Crippen LogP contribution < -0.4 is 4.72 Å². The number of benzene rings is 2. The van der Waals surface area contributed by atoms with Crippen LogP contribution in [0.25, 0.3) is 0 Å². The normalized spacial score (nSPS) is 14.9. The highest BCUT2D eigenvalue weighted by atomic mass is 35.5. The fourth-order valence-corrected chi connectivity index (χ4v) is 5.27. The van der Waals surface area contributed by atoms with E-state index in [9.17, 15) is 13.2 Å². The molecule has 1 amide bonds. The van der Waals surface area contributed by atoms with E-state index >= 15 is 0 Å². The van der Waals surface area contributed by atoms with Crippen LogP contribution in [0.2, 0.25) is 5.02 Å². The molecule has 0 saturated carbocycles. The molecule has 9 heteroatoms. The average Bonchev–Trinajstić information content (AvgIpc) is 2.84. The lowest BCUT2D eigenvalue weighted by molar-refractivity contribution is 0.0628. The summed E-state index contributed by atoms with van der Waals surface area (Å²) < 4.78 is 28.3. The second-order valence-corrected chi connectivity index (χ2v) is 10.0. The SMILES string of the molecule is O=C(c1ccc(Cl)c(S(=O)(=O)NCc2ccccc2)c1)N1CCN(Cc2ccncc2)CC1. The molecule has 4 rings (SSSR count). The minimum Gasteiger partial charge on any atom is -0.336 e. The van der Waals surface area contributed by atoms with Crippen molar-refractivity contribution < 1.29 is 13.2 Å². The summed E-state index contributed by atoms with van der Waals surface area (Å²) in [6.07, 6.45) is 3.55. The van der Waals surface area contributed by atoms with Gasteiger partial charge in [-0.25, -0.2) is 13.1 Å². The molecule has 0 spiro atoms. The van der Waals surface area contributed by atoms with Gasteiger partial charge in [0.25, 0.3) is 5.91 Å². The van der Waals surface area contributed by atoms with Crippen LogP contribution in [0.3, 0.4) is 0 Å². The Morgan fingerprint density at radius 1 is 0.939 bits per heavy atom. The lowest BCUT2D eigenvalue weighted by atomic mass is 10.1. The summed E-state index contributed by atoms with van der Waals surface area (Å²) in [6, 6.07) is 17.6. The van der Waals surface area contributed by atoms with Gasteiger partial charge in [0.05, 0.1) is 5.02 Å². The molecule has 1 aliphatic rings. The van der Waals surface area contributed by atoms with Gasteiger partial charge in [-0.1, -0.05) is 41.9 Å². The maximum Gasteiger partial charge on any atom is 0.253 e. The van der Waals surface area contributed by atoms with Crippen molar-refractivity contribution in [2.24, 2.45) is 0 Å². The van der Waals surface area contributed by atoms with E-state index in [1.54, 1.807) is 23.4 Å². The van der Waals surface area contributed by atoms with Crippen molar-refractivity contribution in [3.8, 4) is 0 Å². The van der Waals surface area contributed by atoms with Gasteiger partial charge in [0.2, 0.25) is 10.0 Å². The highest BCUT2D eigenvalue weighted by Crippen LogP contribution is 2.24. The fourth-order valence-electron chi connectivity index (χ4n) is 3.73. The number of nitrogens with one attached hydrogen (secondary N) is 1. The molecule has 1 aromatic heterocycles. The van der Waals surface area contributed by atoms with Crippen LogP contribution in [0.15, 0.2) is 78.0 Å². The van der Waals surface area contributed by atoms with E-state index in [-0.39, 0.29) is 22.4 Å². The monoisotopic (exact) mass is 484 g/mol. The largest absolute Gasteiger partial charge is 0.336 e. The number of carbonyl (C=O) groups is 1. The Morgan fingerprint density at radius 2 is 1.64 bits per heavy atom. The van der Waals surface area contributed by atoms with E-state index in [1.165, 1.54) is 17.7 Å². The minimum atomic E-state index is -3.89. The number of hydrogen-bond donors (Lipinski definition) is 1. The number of amides is 1. The summed E-state index contributed by atoms with van der Waals surface area (Å²) in [5.41, 5.74) is 2.32. The smallest absolute Gasteiger partial charge is 0.253 e. The molecule has 0 unspecified atom stereocenters. The Hall–Kier alpha value is -2.78. The van der Waals surface area contributed by atoms with Crippen LogP contribution >= 0.6 is 11.6 Å². The summed E-state index contributed by atoms with van der Waals surface area (Å²) in [5.74, 6) is -0.199. The predicted molar refractivity (Wildman–Crippen MR) is 127 cm³/mol. The molecule has 7 nitrogen and oxygen atoms in total. The zero-order valence-electron chi connectivity index (χ0n) is 18.0. The van der Waals surface area contributed by atoms with Gasteiger partial charge in [-0.05, 0) is 41.5 Å². The van der Waals surface area contributed by atoms with Gasteiger partial charge in [0.15, 0.2) is 0 Å². The maximum atomic E-state index is 13.1. The Morgan fingerprint density at radius 3 is 2.33 bits per heavy atom. The molecule has 0 atom stereocenters. The fraction of sp³-hybridized carbons (Fsp3) is 0.250. The minimum absolute atomic E-state index is 0.0780. The van der Waals surface area contributed by atoms with E-state index < -0.39 is 10.0 Å². The molecule has 1 aliphatic heterocycles. The number of aromatic nitrogens is 1. The lowest BCUT2D eigenvalue weighted by Crippen LogP contribution is -2.48. The van der Waals surface area contributed by atoms with Crippen molar-refractivity contribution in [1.82, 2.24) is 19.5 Å². The second kappa shape index (κ2) is 10.4. The number of piperazine rings is 1. The van der Waals surface area contributed by atoms with Crippen LogP contribution in [0.5, 0.6) is 0 Å². The number of halogens is 1. The van der Waals surface area contributed by atoms with Crippen molar-refractivity contribution in [2.45, 2.75) is 18.0 Å². The van der Waals surface area contributed by atoms with Gasteiger partial charge < -0.3 is 4.90 Å². The Labute approximate surface area is 199 Å². The van der Waals surface area contributed by atoms with Gasteiger partial charge >= 0.3 is 0 Å². The average molecular weight is 485 g/mol. The first-order valence-corrected chi connectivity index (χ1v) is 12.5. The number of pyridine rings is 1. The van der Waals surface area contributed by atoms with Crippen LogP contribution in [0.4, 0.5) is 0 Å².